The first-order valence-corrected chi connectivity index (χ1v) is 7.50. The third kappa shape index (κ3) is 4.03. The molecule has 1 aromatic rings. The summed E-state index contributed by atoms with van der Waals surface area (Å²) in [6, 6.07) is 4.48. The van der Waals surface area contributed by atoms with E-state index in [0.717, 1.165) is 0 Å². The normalized spacial score (nSPS) is 22.0. The molecule has 3 rings (SSSR count). The minimum atomic E-state index is -0.427. The van der Waals surface area contributed by atoms with Gasteiger partial charge in [-0.05, 0) is 24.3 Å². The lowest BCUT2D eigenvalue weighted by Crippen LogP contribution is -2.40. The van der Waals surface area contributed by atoms with Crippen molar-refractivity contribution in [2.45, 2.75) is 12.1 Å². The number of ketones is 2. The number of rotatable bonds is 6. The highest BCUT2D eigenvalue weighted by molar-refractivity contribution is 5.97. The molecule has 2 aliphatic carbocycles. The molecule has 0 bridgehead atoms. The third-order valence-corrected chi connectivity index (χ3v) is 3.42. The van der Waals surface area contributed by atoms with Crippen molar-refractivity contribution in [3.05, 3.63) is 66.8 Å². The number of nitrogens with one attached hydrogen (secondary N) is 4. The number of hydrogen-bond acceptors (Lipinski definition) is 7. The van der Waals surface area contributed by atoms with E-state index in [1.54, 1.807) is 54.7 Å². The van der Waals surface area contributed by atoms with Gasteiger partial charge in [-0.15, -0.1) is 0 Å². The summed E-state index contributed by atoms with van der Waals surface area (Å²) in [4.78, 5) is 27.7. The van der Waals surface area contributed by atoms with Crippen molar-refractivity contribution in [2.75, 3.05) is 10.9 Å². The molecule has 0 aliphatic heterocycles. The summed E-state index contributed by atoms with van der Waals surface area (Å²) in [5.74, 6) is 1.03. The average molecular weight is 323 g/mol. The first-order valence-electron chi connectivity index (χ1n) is 7.50. The number of anilines is 2. The summed E-state index contributed by atoms with van der Waals surface area (Å²) in [6.45, 7) is 0. The van der Waals surface area contributed by atoms with Gasteiger partial charge in [0.15, 0.2) is 11.6 Å². The largest absolute Gasteiger partial charge is 0.305 e. The van der Waals surface area contributed by atoms with Crippen LogP contribution in [0.5, 0.6) is 0 Å². The Bertz CT molecular complexity index is 692. The molecule has 0 amide bonds. The third-order valence-electron chi connectivity index (χ3n) is 3.42. The minimum Gasteiger partial charge on any atom is -0.305 e. The maximum absolute atomic E-state index is 11.7. The smallest absolute Gasteiger partial charge is 0.178 e. The van der Waals surface area contributed by atoms with Crippen molar-refractivity contribution in [3.63, 3.8) is 0 Å². The van der Waals surface area contributed by atoms with E-state index < -0.39 is 12.1 Å². The van der Waals surface area contributed by atoms with Gasteiger partial charge in [0, 0.05) is 0 Å². The maximum Gasteiger partial charge on any atom is 0.178 e. The van der Waals surface area contributed by atoms with Gasteiger partial charge in [0.2, 0.25) is 0 Å². The summed E-state index contributed by atoms with van der Waals surface area (Å²) >= 11 is 0. The highest BCUT2D eigenvalue weighted by Gasteiger charge is 2.15. The molecule has 2 atom stereocenters. The number of nitrogens with zero attached hydrogens (tertiary/aromatic N) is 1. The van der Waals surface area contributed by atoms with Crippen molar-refractivity contribution in [1.29, 1.82) is 0 Å². The molecule has 4 N–H and O–H groups in total. The fourth-order valence-corrected chi connectivity index (χ4v) is 2.16. The van der Waals surface area contributed by atoms with Crippen LogP contribution in [-0.4, -0.2) is 28.6 Å². The number of carbonyl (C=O) groups excluding carboxylic acids is 2. The fraction of sp³-hybridized carbons (Fsp3) is 0.118. The molecule has 0 spiro atoms. The van der Waals surface area contributed by atoms with Gasteiger partial charge >= 0.3 is 0 Å². The molecule has 0 fully saturated rings. The summed E-state index contributed by atoms with van der Waals surface area (Å²) in [5.41, 5.74) is 11.6. The van der Waals surface area contributed by atoms with Gasteiger partial charge in [-0.2, -0.15) is 0 Å². The molecular weight excluding hydrogens is 306 g/mol. The number of allylic oxidation sites excluding steroid dienone is 4. The Balaban J connectivity index is 1.54. The van der Waals surface area contributed by atoms with Gasteiger partial charge in [0.1, 0.15) is 23.7 Å². The molecule has 0 saturated carbocycles. The Hall–Kier alpha value is -3.03. The number of pyridine rings is 1. The Kier molecular flexibility index (Phi) is 4.95. The number of hydrazine groups is 2. The van der Waals surface area contributed by atoms with Crippen LogP contribution in [0.2, 0.25) is 0 Å². The summed E-state index contributed by atoms with van der Waals surface area (Å²) in [6.07, 6.45) is 13.5. The van der Waals surface area contributed by atoms with Gasteiger partial charge < -0.3 is 10.9 Å². The van der Waals surface area contributed by atoms with Crippen molar-refractivity contribution >= 4 is 23.2 Å². The van der Waals surface area contributed by atoms with E-state index in [1.165, 1.54) is 12.2 Å². The zero-order valence-electron chi connectivity index (χ0n) is 12.8. The highest BCUT2D eigenvalue weighted by Crippen LogP contribution is 2.09. The van der Waals surface area contributed by atoms with Crippen LogP contribution in [0.1, 0.15) is 0 Å². The number of carbonyl (C=O) groups is 2. The molecule has 122 valence electrons. The van der Waals surface area contributed by atoms with Crippen LogP contribution in [-0.2, 0) is 9.59 Å². The Morgan fingerprint density at radius 1 is 0.750 bits per heavy atom. The molecular formula is C17H17N5O2. The van der Waals surface area contributed by atoms with Gasteiger partial charge in [-0.3, -0.25) is 9.59 Å². The van der Waals surface area contributed by atoms with E-state index in [4.69, 9.17) is 0 Å². The van der Waals surface area contributed by atoms with E-state index in [-0.39, 0.29) is 11.6 Å². The van der Waals surface area contributed by atoms with Crippen LogP contribution >= 0.6 is 0 Å². The average Bonchev–Trinajstić information content (AvgIpc) is 2.61. The van der Waals surface area contributed by atoms with Crippen LogP contribution in [0, 0.1) is 0 Å². The maximum atomic E-state index is 11.7. The SMILES string of the molecule is O=C1C=CC=CC1NNc1cccc(NNC2C=CC=CC2=O)n1. The van der Waals surface area contributed by atoms with E-state index in [0.29, 0.717) is 11.6 Å². The zero-order valence-corrected chi connectivity index (χ0v) is 12.8. The lowest BCUT2D eigenvalue weighted by atomic mass is 10.1. The molecule has 2 aliphatic rings. The number of hydrogen-bond donors (Lipinski definition) is 4. The van der Waals surface area contributed by atoms with Crippen molar-refractivity contribution in [1.82, 2.24) is 15.8 Å². The molecule has 1 aromatic heterocycles. The highest BCUT2D eigenvalue weighted by atomic mass is 16.1. The Morgan fingerprint density at radius 3 is 1.71 bits per heavy atom. The Morgan fingerprint density at radius 2 is 1.25 bits per heavy atom. The van der Waals surface area contributed by atoms with Crippen LogP contribution in [0.3, 0.4) is 0 Å². The second-order valence-corrected chi connectivity index (χ2v) is 5.19. The molecule has 7 heteroatoms. The van der Waals surface area contributed by atoms with E-state index in [1.807, 2.05) is 0 Å². The molecule has 0 aromatic carbocycles. The van der Waals surface area contributed by atoms with Gasteiger partial charge in [0.25, 0.3) is 0 Å². The van der Waals surface area contributed by atoms with Crippen LogP contribution in [0.4, 0.5) is 11.6 Å². The molecule has 0 saturated heterocycles. The van der Waals surface area contributed by atoms with Crippen molar-refractivity contribution < 1.29 is 9.59 Å². The van der Waals surface area contributed by atoms with E-state index in [2.05, 4.69) is 26.7 Å². The van der Waals surface area contributed by atoms with Crippen LogP contribution in [0.15, 0.2) is 66.8 Å². The van der Waals surface area contributed by atoms with Gasteiger partial charge in [-0.25, -0.2) is 15.8 Å². The molecule has 7 nitrogen and oxygen atoms in total. The first-order chi connectivity index (χ1) is 11.7. The van der Waals surface area contributed by atoms with Crippen LogP contribution in [0.25, 0.3) is 0 Å². The molecule has 2 unspecified atom stereocenters. The lowest BCUT2D eigenvalue weighted by Gasteiger charge is -2.17. The zero-order chi connectivity index (χ0) is 16.8. The van der Waals surface area contributed by atoms with Crippen molar-refractivity contribution in [2.24, 2.45) is 0 Å². The summed E-state index contributed by atoms with van der Waals surface area (Å²) < 4.78 is 0. The summed E-state index contributed by atoms with van der Waals surface area (Å²) in [5, 5.41) is 0. The van der Waals surface area contributed by atoms with Gasteiger partial charge in [0.05, 0.1) is 0 Å². The summed E-state index contributed by atoms with van der Waals surface area (Å²) in [7, 11) is 0. The monoisotopic (exact) mass is 323 g/mol. The van der Waals surface area contributed by atoms with E-state index in [9.17, 15) is 9.59 Å². The predicted molar refractivity (Wildman–Crippen MR) is 91.9 cm³/mol. The van der Waals surface area contributed by atoms with E-state index >= 15 is 0 Å². The van der Waals surface area contributed by atoms with Crippen LogP contribution < -0.4 is 21.7 Å². The quantitative estimate of drug-likeness (QED) is 0.581. The van der Waals surface area contributed by atoms with Gasteiger partial charge in [-0.1, -0.05) is 42.5 Å². The fourth-order valence-electron chi connectivity index (χ4n) is 2.16. The second-order valence-electron chi connectivity index (χ2n) is 5.19. The predicted octanol–water partition coefficient (Wildman–Crippen LogP) is 1.04. The minimum absolute atomic E-state index is 0.0309. The first kappa shape index (κ1) is 15.9. The van der Waals surface area contributed by atoms with Crippen molar-refractivity contribution in [3.8, 4) is 0 Å². The topological polar surface area (TPSA) is 95.1 Å². The number of aromatic nitrogens is 1. The lowest BCUT2D eigenvalue weighted by molar-refractivity contribution is -0.116. The molecule has 1 heterocycles. The molecule has 0 radical (unpaired) electrons. The molecule has 24 heavy (non-hydrogen) atoms. The second kappa shape index (κ2) is 7.49. The Labute approximate surface area is 139 Å². The standard InChI is InChI=1S/C17H17N5O2/c23-14-8-3-1-6-12(14)19-21-16-10-5-11-17(18-16)22-20-13-7-2-4-9-15(13)24/h1-13,19-20H,(H2,18,21,22).